The van der Waals surface area contributed by atoms with Crippen molar-refractivity contribution < 1.29 is 28.7 Å². The van der Waals surface area contributed by atoms with Gasteiger partial charge in [-0.1, -0.05) is 37.3 Å². The summed E-state index contributed by atoms with van der Waals surface area (Å²) in [6.07, 6.45) is 4.46. The highest BCUT2D eigenvalue weighted by Crippen LogP contribution is 2.21. The second-order valence-electron chi connectivity index (χ2n) is 8.75. The van der Waals surface area contributed by atoms with Crippen molar-refractivity contribution >= 4 is 29.5 Å². The molecule has 1 unspecified atom stereocenters. The first-order valence-electron chi connectivity index (χ1n) is 12.3. The lowest BCUT2D eigenvalue weighted by atomic mass is 9.97. The minimum Gasteiger partial charge on any atom is -0.465 e. The van der Waals surface area contributed by atoms with Gasteiger partial charge in [-0.15, -0.1) is 0 Å². The number of hydrogen-bond acceptors (Lipinski definition) is 7. The first-order chi connectivity index (χ1) is 18.3. The van der Waals surface area contributed by atoms with Crippen LogP contribution in [0.15, 0.2) is 65.5 Å². The van der Waals surface area contributed by atoms with E-state index in [2.05, 4.69) is 15.3 Å². The number of benzene rings is 1. The second kappa shape index (κ2) is 13.7. The van der Waals surface area contributed by atoms with Gasteiger partial charge in [0.15, 0.2) is 5.69 Å². The number of carbonyl (C=O) groups excluding carboxylic acids is 3. The molecule has 2 heterocycles. The number of pyridine rings is 1. The molecule has 38 heavy (non-hydrogen) atoms. The van der Waals surface area contributed by atoms with Gasteiger partial charge in [-0.25, -0.2) is 4.79 Å². The molecule has 0 aliphatic heterocycles. The van der Waals surface area contributed by atoms with E-state index in [4.69, 9.17) is 9.52 Å². The van der Waals surface area contributed by atoms with Crippen LogP contribution in [0.4, 0.5) is 10.5 Å². The van der Waals surface area contributed by atoms with Gasteiger partial charge < -0.3 is 19.7 Å². The Morgan fingerprint density at radius 3 is 2.42 bits per heavy atom. The molecule has 0 spiro atoms. The molecule has 0 aliphatic carbocycles. The molecule has 1 atom stereocenters. The van der Waals surface area contributed by atoms with Crippen LogP contribution in [0.2, 0.25) is 0 Å². The van der Waals surface area contributed by atoms with Crippen LogP contribution in [0.1, 0.15) is 65.3 Å². The molecular formula is C27H31N5O6. The molecule has 0 saturated carbocycles. The summed E-state index contributed by atoms with van der Waals surface area (Å²) in [5, 5.41) is 10.9. The highest BCUT2D eigenvalue weighted by Gasteiger charge is 2.28. The first kappa shape index (κ1) is 28.0. The zero-order valence-corrected chi connectivity index (χ0v) is 21.4. The first-order valence-corrected chi connectivity index (χ1v) is 12.3. The summed E-state index contributed by atoms with van der Waals surface area (Å²) in [4.78, 5) is 60.3. The number of imide groups is 1. The summed E-state index contributed by atoms with van der Waals surface area (Å²) >= 11 is 0. The van der Waals surface area contributed by atoms with Crippen molar-refractivity contribution in [3.05, 3.63) is 78.3 Å². The van der Waals surface area contributed by atoms with Gasteiger partial charge in [-0.05, 0) is 42.9 Å². The standard InChI is InChI=1S/C27H31N5O6/c1-19(20-8-4-3-5-9-20)13-17-32(23(33)10-6-7-14-29-27(36)37)26(35)24-30-22(18-38-24)25(34)31(2)21-11-15-28-16-12-21/h3-5,8-9,11-12,15-16,18-19,29H,6-7,10,13-14,17H2,1-2H3,(H,36,37). The molecule has 4 amide bonds. The second-order valence-corrected chi connectivity index (χ2v) is 8.75. The van der Waals surface area contributed by atoms with Crippen LogP contribution in [0.5, 0.6) is 0 Å². The third kappa shape index (κ3) is 7.73. The van der Waals surface area contributed by atoms with E-state index in [0.29, 0.717) is 24.9 Å². The van der Waals surface area contributed by atoms with Crippen LogP contribution < -0.4 is 10.2 Å². The molecule has 2 aromatic heterocycles. The molecule has 11 heteroatoms. The van der Waals surface area contributed by atoms with Gasteiger partial charge in [0, 0.05) is 44.6 Å². The Hall–Kier alpha value is -4.54. The Kier molecular flexibility index (Phi) is 10.1. The monoisotopic (exact) mass is 521 g/mol. The fraction of sp³-hybridized carbons (Fsp3) is 0.333. The molecule has 0 aliphatic rings. The Morgan fingerprint density at radius 1 is 1.03 bits per heavy atom. The van der Waals surface area contributed by atoms with Crippen molar-refractivity contribution in [1.82, 2.24) is 20.2 Å². The highest BCUT2D eigenvalue weighted by molar-refractivity contribution is 6.06. The number of nitrogens with one attached hydrogen (secondary N) is 1. The number of oxazole rings is 1. The van der Waals surface area contributed by atoms with Gasteiger partial charge >= 0.3 is 12.0 Å². The van der Waals surface area contributed by atoms with Gasteiger partial charge in [0.05, 0.1) is 0 Å². The van der Waals surface area contributed by atoms with Crippen LogP contribution in [0, 0.1) is 0 Å². The highest BCUT2D eigenvalue weighted by atomic mass is 16.4. The summed E-state index contributed by atoms with van der Waals surface area (Å²) in [5.74, 6) is -1.92. The maximum Gasteiger partial charge on any atom is 0.404 e. The third-order valence-corrected chi connectivity index (χ3v) is 6.06. The lowest BCUT2D eigenvalue weighted by Crippen LogP contribution is -2.38. The zero-order valence-electron chi connectivity index (χ0n) is 21.4. The lowest BCUT2D eigenvalue weighted by molar-refractivity contribution is -0.128. The molecule has 3 rings (SSSR count). The van der Waals surface area contributed by atoms with Crippen molar-refractivity contribution in [3.63, 3.8) is 0 Å². The van der Waals surface area contributed by atoms with Crippen molar-refractivity contribution in [2.75, 3.05) is 25.0 Å². The molecule has 3 aromatic rings. The molecule has 11 nitrogen and oxygen atoms in total. The van der Waals surface area contributed by atoms with Crippen LogP contribution in [-0.2, 0) is 4.79 Å². The minimum atomic E-state index is -1.13. The molecular weight excluding hydrogens is 490 g/mol. The number of amides is 4. The summed E-state index contributed by atoms with van der Waals surface area (Å²) in [5.41, 5.74) is 1.60. The quantitative estimate of drug-likeness (QED) is 0.341. The van der Waals surface area contributed by atoms with E-state index in [-0.39, 0.29) is 37.0 Å². The van der Waals surface area contributed by atoms with E-state index in [1.165, 1.54) is 4.90 Å². The topological polar surface area (TPSA) is 146 Å². The van der Waals surface area contributed by atoms with E-state index >= 15 is 0 Å². The van der Waals surface area contributed by atoms with Gasteiger partial charge in [0.1, 0.15) is 6.26 Å². The molecule has 200 valence electrons. The minimum absolute atomic E-state index is 0.0457. The van der Waals surface area contributed by atoms with E-state index in [9.17, 15) is 19.2 Å². The average molecular weight is 522 g/mol. The predicted molar refractivity (Wildman–Crippen MR) is 139 cm³/mol. The number of aromatic nitrogens is 2. The van der Waals surface area contributed by atoms with Gasteiger partial charge in [-0.3, -0.25) is 24.3 Å². The van der Waals surface area contributed by atoms with E-state index < -0.39 is 23.8 Å². The van der Waals surface area contributed by atoms with Crippen LogP contribution in [0.25, 0.3) is 0 Å². The Labute approximate surface area is 220 Å². The van der Waals surface area contributed by atoms with Crippen LogP contribution in [0.3, 0.4) is 0 Å². The maximum atomic E-state index is 13.3. The largest absolute Gasteiger partial charge is 0.465 e. The smallest absolute Gasteiger partial charge is 0.404 e. The Balaban J connectivity index is 1.71. The maximum absolute atomic E-state index is 13.3. The number of carboxylic acid groups (broad SMARTS) is 1. The number of anilines is 1. The lowest BCUT2D eigenvalue weighted by Gasteiger charge is -2.22. The van der Waals surface area contributed by atoms with Crippen LogP contribution >= 0.6 is 0 Å². The van der Waals surface area contributed by atoms with E-state index in [0.717, 1.165) is 16.7 Å². The van der Waals surface area contributed by atoms with Crippen molar-refractivity contribution in [3.8, 4) is 0 Å². The normalized spacial score (nSPS) is 11.4. The predicted octanol–water partition coefficient (Wildman–Crippen LogP) is 3.95. The summed E-state index contributed by atoms with van der Waals surface area (Å²) in [6, 6.07) is 13.1. The molecule has 1 aromatic carbocycles. The number of carbonyl (C=O) groups is 4. The van der Waals surface area contributed by atoms with Gasteiger partial charge in [-0.2, -0.15) is 4.98 Å². The molecule has 0 radical (unpaired) electrons. The van der Waals surface area contributed by atoms with Crippen molar-refractivity contribution in [1.29, 1.82) is 0 Å². The molecule has 0 saturated heterocycles. The Bertz CT molecular complexity index is 1230. The summed E-state index contributed by atoms with van der Waals surface area (Å²) in [7, 11) is 1.56. The number of hydrogen-bond donors (Lipinski definition) is 2. The van der Waals surface area contributed by atoms with Gasteiger partial charge in [0.25, 0.3) is 11.8 Å². The Morgan fingerprint density at radius 2 is 1.74 bits per heavy atom. The van der Waals surface area contributed by atoms with E-state index in [1.807, 2.05) is 37.3 Å². The molecule has 2 N–H and O–H groups in total. The molecule has 0 bridgehead atoms. The third-order valence-electron chi connectivity index (χ3n) is 6.06. The summed E-state index contributed by atoms with van der Waals surface area (Å²) < 4.78 is 5.34. The number of nitrogens with zero attached hydrogens (tertiary/aromatic N) is 4. The zero-order chi connectivity index (χ0) is 27.5. The fourth-order valence-electron chi connectivity index (χ4n) is 3.78. The van der Waals surface area contributed by atoms with Crippen LogP contribution in [-0.4, -0.2) is 63.9 Å². The summed E-state index contributed by atoms with van der Waals surface area (Å²) in [6.45, 7) is 2.35. The number of unbranched alkanes of at least 4 members (excludes halogenated alkanes) is 1. The fourth-order valence-corrected chi connectivity index (χ4v) is 3.78. The average Bonchev–Trinajstić information content (AvgIpc) is 3.43. The van der Waals surface area contributed by atoms with Crippen molar-refractivity contribution in [2.24, 2.45) is 0 Å². The molecule has 0 fully saturated rings. The van der Waals surface area contributed by atoms with Gasteiger partial charge in [0.2, 0.25) is 5.91 Å². The SMILES string of the molecule is CC(CCN(C(=O)CCCCNC(=O)O)C(=O)c1nc(C(=O)N(C)c2ccncc2)co1)c1ccccc1. The van der Waals surface area contributed by atoms with Crippen molar-refractivity contribution in [2.45, 2.75) is 38.5 Å². The number of rotatable bonds is 12. The van der Waals surface area contributed by atoms with E-state index in [1.54, 1.807) is 31.6 Å².